The Balaban J connectivity index is 1.91. The minimum Gasteiger partial charge on any atom is -0.272 e. The molecular weight excluding hydrogens is 184 g/mol. The minimum atomic E-state index is 0.755. The van der Waals surface area contributed by atoms with E-state index in [1.807, 2.05) is 0 Å². The van der Waals surface area contributed by atoms with E-state index in [1.54, 1.807) is 0 Å². The van der Waals surface area contributed by atoms with Crippen LogP contribution in [-0.4, -0.2) is 9.78 Å². The van der Waals surface area contributed by atoms with Gasteiger partial charge in [0.2, 0.25) is 0 Å². The monoisotopic (exact) mass is 206 g/mol. The molecule has 0 radical (unpaired) electrons. The Kier molecular flexibility index (Phi) is 3.45. The van der Waals surface area contributed by atoms with E-state index in [9.17, 15) is 0 Å². The number of nitrogens with zero attached hydrogens (tertiary/aromatic N) is 2. The zero-order valence-corrected chi connectivity index (χ0v) is 9.95. The highest BCUT2D eigenvalue weighted by Gasteiger charge is 2.18. The van der Waals surface area contributed by atoms with Gasteiger partial charge in [-0.3, -0.25) is 4.68 Å². The van der Waals surface area contributed by atoms with Crippen LogP contribution in [0.3, 0.4) is 0 Å². The Morgan fingerprint density at radius 3 is 2.80 bits per heavy atom. The first kappa shape index (κ1) is 10.7. The van der Waals surface area contributed by atoms with E-state index in [0.29, 0.717) is 0 Å². The standard InChI is InChI=1S/C13H22N2/c1-11(2)7-9-15-10-8-13(14-15)12-5-3-4-6-12/h8,10-12H,3-7,9H2,1-2H3. The van der Waals surface area contributed by atoms with Gasteiger partial charge >= 0.3 is 0 Å². The van der Waals surface area contributed by atoms with Crippen LogP contribution < -0.4 is 0 Å². The number of rotatable bonds is 4. The average molecular weight is 206 g/mol. The smallest absolute Gasteiger partial charge is 0.0655 e. The molecular formula is C13H22N2. The molecule has 0 amide bonds. The lowest BCUT2D eigenvalue weighted by atomic mass is 10.1. The summed E-state index contributed by atoms with van der Waals surface area (Å²) in [4.78, 5) is 0. The molecule has 0 aliphatic heterocycles. The van der Waals surface area contributed by atoms with Crippen molar-refractivity contribution in [3.8, 4) is 0 Å². The van der Waals surface area contributed by atoms with Gasteiger partial charge in [-0.15, -0.1) is 0 Å². The molecule has 1 fully saturated rings. The van der Waals surface area contributed by atoms with Gasteiger partial charge in [0, 0.05) is 18.7 Å². The molecule has 1 aromatic heterocycles. The van der Waals surface area contributed by atoms with Crippen molar-refractivity contribution in [3.05, 3.63) is 18.0 Å². The number of hydrogen-bond donors (Lipinski definition) is 0. The van der Waals surface area contributed by atoms with E-state index in [0.717, 1.165) is 18.4 Å². The molecule has 1 aliphatic rings. The van der Waals surface area contributed by atoms with Crippen molar-refractivity contribution < 1.29 is 0 Å². The molecule has 0 saturated heterocycles. The van der Waals surface area contributed by atoms with Gasteiger partial charge in [-0.05, 0) is 31.2 Å². The second kappa shape index (κ2) is 4.82. The Labute approximate surface area is 92.7 Å². The van der Waals surface area contributed by atoms with Crippen LogP contribution in [0.25, 0.3) is 0 Å². The molecule has 1 saturated carbocycles. The van der Waals surface area contributed by atoms with Gasteiger partial charge in [0.25, 0.3) is 0 Å². The first-order chi connectivity index (χ1) is 7.25. The lowest BCUT2D eigenvalue weighted by Crippen LogP contribution is -2.03. The van der Waals surface area contributed by atoms with Crippen molar-refractivity contribution >= 4 is 0 Å². The summed E-state index contributed by atoms with van der Waals surface area (Å²) >= 11 is 0. The van der Waals surface area contributed by atoms with Crippen LogP contribution in [0.15, 0.2) is 12.3 Å². The van der Waals surface area contributed by atoms with Gasteiger partial charge in [0.05, 0.1) is 5.69 Å². The van der Waals surface area contributed by atoms with E-state index in [2.05, 4.69) is 35.9 Å². The number of aryl methyl sites for hydroxylation is 1. The SMILES string of the molecule is CC(C)CCn1ccc(C2CCCC2)n1. The van der Waals surface area contributed by atoms with Crippen molar-refractivity contribution in [1.82, 2.24) is 9.78 Å². The number of hydrogen-bond acceptors (Lipinski definition) is 1. The van der Waals surface area contributed by atoms with Gasteiger partial charge in [-0.25, -0.2) is 0 Å². The third kappa shape index (κ3) is 2.83. The van der Waals surface area contributed by atoms with Crippen molar-refractivity contribution in [1.29, 1.82) is 0 Å². The fourth-order valence-electron chi connectivity index (χ4n) is 2.33. The summed E-state index contributed by atoms with van der Waals surface area (Å²) in [6.45, 7) is 5.60. The molecule has 15 heavy (non-hydrogen) atoms. The highest BCUT2D eigenvalue weighted by molar-refractivity contribution is 5.07. The van der Waals surface area contributed by atoms with Crippen LogP contribution in [0, 0.1) is 5.92 Å². The molecule has 1 aliphatic carbocycles. The largest absolute Gasteiger partial charge is 0.272 e. The number of aromatic nitrogens is 2. The molecule has 0 spiro atoms. The Hall–Kier alpha value is -0.790. The first-order valence-corrected chi connectivity index (χ1v) is 6.29. The predicted octanol–water partition coefficient (Wildman–Crippen LogP) is 3.59. The summed E-state index contributed by atoms with van der Waals surface area (Å²) in [7, 11) is 0. The summed E-state index contributed by atoms with van der Waals surface area (Å²) in [5, 5.41) is 4.68. The molecule has 0 aromatic carbocycles. The summed E-state index contributed by atoms with van der Waals surface area (Å²) in [6, 6.07) is 2.22. The maximum absolute atomic E-state index is 4.68. The topological polar surface area (TPSA) is 17.8 Å². The predicted molar refractivity (Wildman–Crippen MR) is 62.9 cm³/mol. The van der Waals surface area contributed by atoms with E-state index in [4.69, 9.17) is 0 Å². The maximum Gasteiger partial charge on any atom is 0.0655 e. The Bertz CT molecular complexity index is 295. The van der Waals surface area contributed by atoms with Gasteiger partial charge < -0.3 is 0 Å². The molecule has 0 N–H and O–H groups in total. The van der Waals surface area contributed by atoms with Gasteiger partial charge in [-0.2, -0.15) is 5.10 Å². The molecule has 2 heteroatoms. The van der Waals surface area contributed by atoms with Gasteiger partial charge in [0.1, 0.15) is 0 Å². The van der Waals surface area contributed by atoms with Crippen LogP contribution in [0.1, 0.15) is 57.6 Å². The highest BCUT2D eigenvalue weighted by Crippen LogP contribution is 2.32. The van der Waals surface area contributed by atoms with Crippen LogP contribution in [-0.2, 0) is 6.54 Å². The van der Waals surface area contributed by atoms with Gasteiger partial charge in [-0.1, -0.05) is 26.7 Å². The third-order valence-corrected chi connectivity index (χ3v) is 3.37. The molecule has 1 aromatic rings. The first-order valence-electron chi connectivity index (χ1n) is 6.29. The molecule has 2 rings (SSSR count). The normalized spacial score (nSPS) is 17.8. The molecule has 0 unspecified atom stereocenters. The summed E-state index contributed by atoms with van der Waals surface area (Å²) in [6.07, 6.45) is 8.86. The third-order valence-electron chi connectivity index (χ3n) is 3.37. The van der Waals surface area contributed by atoms with Gasteiger partial charge in [0.15, 0.2) is 0 Å². The zero-order valence-electron chi connectivity index (χ0n) is 9.95. The van der Waals surface area contributed by atoms with Crippen molar-refractivity contribution in [2.75, 3.05) is 0 Å². The quantitative estimate of drug-likeness (QED) is 0.736. The highest BCUT2D eigenvalue weighted by atomic mass is 15.3. The fourth-order valence-corrected chi connectivity index (χ4v) is 2.33. The summed E-state index contributed by atoms with van der Waals surface area (Å²) in [5.41, 5.74) is 1.33. The minimum absolute atomic E-state index is 0.755. The molecule has 84 valence electrons. The Morgan fingerprint density at radius 2 is 2.13 bits per heavy atom. The van der Waals surface area contributed by atoms with Crippen LogP contribution in [0.5, 0.6) is 0 Å². The molecule has 1 heterocycles. The lowest BCUT2D eigenvalue weighted by Gasteiger charge is -2.06. The average Bonchev–Trinajstić information content (AvgIpc) is 2.85. The van der Waals surface area contributed by atoms with E-state index in [-0.39, 0.29) is 0 Å². The Morgan fingerprint density at radius 1 is 1.40 bits per heavy atom. The van der Waals surface area contributed by atoms with E-state index >= 15 is 0 Å². The van der Waals surface area contributed by atoms with Crippen LogP contribution in [0.2, 0.25) is 0 Å². The fraction of sp³-hybridized carbons (Fsp3) is 0.769. The van der Waals surface area contributed by atoms with Crippen LogP contribution >= 0.6 is 0 Å². The molecule has 0 atom stereocenters. The molecule has 2 nitrogen and oxygen atoms in total. The lowest BCUT2D eigenvalue weighted by molar-refractivity contribution is 0.481. The second-order valence-electron chi connectivity index (χ2n) is 5.17. The maximum atomic E-state index is 4.68. The van der Waals surface area contributed by atoms with Crippen molar-refractivity contribution in [2.24, 2.45) is 5.92 Å². The zero-order chi connectivity index (χ0) is 10.7. The summed E-state index contributed by atoms with van der Waals surface area (Å²) < 4.78 is 2.12. The summed E-state index contributed by atoms with van der Waals surface area (Å²) in [5.74, 6) is 1.52. The second-order valence-corrected chi connectivity index (χ2v) is 5.17. The van der Waals surface area contributed by atoms with E-state index < -0.39 is 0 Å². The van der Waals surface area contributed by atoms with Crippen molar-refractivity contribution in [3.63, 3.8) is 0 Å². The van der Waals surface area contributed by atoms with E-state index in [1.165, 1.54) is 37.8 Å². The van der Waals surface area contributed by atoms with Crippen LogP contribution in [0.4, 0.5) is 0 Å². The molecule has 0 bridgehead atoms. The van der Waals surface area contributed by atoms with Crippen molar-refractivity contribution in [2.45, 2.75) is 58.4 Å².